The molecule has 2 fully saturated rings. The normalized spacial score (nSPS) is 18.5. The molecule has 37 heavy (non-hydrogen) atoms. The SMILES string of the molecule is O=C(N[C@@H](CCN1CCC(c2nc(Cc3ccc(F)cc3)no2)CC1)c1ccccc1)C1CCOCC1. The second-order valence-corrected chi connectivity index (χ2v) is 10.1. The molecule has 2 aliphatic rings. The summed E-state index contributed by atoms with van der Waals surface area (Å²) in [5, 5.41) is 7.47. The monoisotopic (exact) mass is 506 g/mol. The third kappa shape index (κ3) is 7.02. The Morgan fingerprint density at radius 1 is 1.03 bits per heavy atom. The van der Waals surface area contributed by atoms with E-state index in [-0.39, 0.29) is 29.6 Å². The van der Waals surface area contributed by atoms with Gasteiger partial charge in [-0.3, -0.25) is 4.79 Å². The Bertz CT molecular complexity index is 1120. The van der Waals surface area contributed by atoms with Crippen molar-refractivity contribution in [1.82, 2.24) is 20.4 Å². The Morgan fingerprint density at radius 3 is 2.49 bits per heavy atom. The lowest BCUT2D eigenvalue weighted by molar-refractivity contribution is -0.128. The number of nitrogens with zero attached hydrogens (tertiary/aromatic N) is 3. The first-order chi connectivity index (χ1) is 18.1. The smallest absolute Gasteiger partial charge is 0.229 e. The van der Waals surface area contributed by atoms with Crippen LogP contribution in [-0.4, -0.2) is 53.8 Å². The number of carbonyl (C=O) groups is 1. The third-order valence-corrected chi connectivity index (χ3v) is 7.54. The highest BCUT2D eigenvalue weighted by atomic mass is 19.1. The van der Waals surface area contributed by atoms with Crippen molar-refractivity contribution in [1.29, 1.82) is 0 Å². The molecule has 0 unspecified atom stereocenters. The Balaban J connectivity index is 1.12. The molecule has 7 nitrogen and oxygen atoms in total. The molecule has 0 spiro atoms. The fourth-order valence-electron chi connectivity index (χ4n) is 5.26. The molecule has 3 aromatic rings. The summed E-state index contributed by atoms with van der Waals surface area (Å²) in [4.78, 5) is 20.0. The van der Waals surface area contributed by atoms with Crippen LogP contribution in [0.5, 0.6) is 0 Å². The van der Waals surface area contributed by atoms with Gasteiger partial charge in [-0.15, -0.1) is 0 Å². The summed E-state index contributed by atoms with van der Waals surface area (Å²) < 4.78 is 24.2. The maximum absolute atomic E-state index is 13.1. The molecule has 1 aromatic heterocycles. The molecule has 5 rings (SSSR count). The molecule has 3 heterocycles. The zero-order valence-corrected chi connectivity index (χ0v) is 21.2. The second-order valence-electron chi connectivity index (χ2n) is 10.1. The number of ether oxygens (including phenoxy) is 1. The summed E-state index contributed by atoms with van der Waals surface area (Å²) >= 11 is 0. The fourth-order valence-corrected chi connectivity index (χ4v) is 5.26. The van der Waals surface area contributed by atoms with Crippen molar-refractivity contribution in [3.8, 4) is 0 Å². The maximum atomic E-state index is 13.1. The van der Waals surface area contributed by atoms with Crippen molar-refractivity contribution in [2.24, 2.45) is 5.92 Å². The van der Waals surface area contributed by atoms with Crippen molar-refractivity contribution in [3.05, 3.63) is 83.3 Å². The van der Waals surface area contributed by atoms with Crippen molar-refractivity contribution >= 4 is 5.91 Å². The van der Waals surface area contributed by atoms with Crippen LogP contribution in [0.4, 0.5) is 4.39 Å². The molecule has 1 N–H and O–H groups in total. The van der Waals surface area contributed by atoms with Crippen LogP contribution >= 0.6 is 0 Å². The van der Waals surface area contributed by atoms with Gasteiger partial charge in [0.2, 0.25) is 11.8 Å². The zero-order chi connectivity index (χ0) is 25.5. The second kappa shape index (κ2) is 12.4. The van der Waals surface area contributed by atoms with E-state index in [9.17, 15) is 9.18 Å². The van der Waals surface area contributed by atoms with E-state index in [1.165, 1.54) is 12.1 Å². The number of nitrogens with one attached hydrogen (secondary N) is 1. The predicted molar refractivity (Wildman–Crippen MR) is 137 cm³/mol. The zero-order valence-electron chi connectivity index (χ0n) is 21.2. The van der Waals surface area contributed by atoms with E-state index in [0.29, 0.717) is 31.3 Å². The van der Waals surface area contributed by atoms with E-state index in [1.807, 2.05) is 18.2 Å². The molecule has 0 saturated carbocycles. The summed E-state index contributed by atoms with van der Waals surface area (Å²) in [6, 6.07) is 16.7. The maximum Gasteiger partial charge on any atom is 0.229 e. The number of rotatable bonds is 9. The van der Waals surface area contributed by atoms with E-state index in [2.05, 4.69) is 32.5 Å². The van der Waals surface area contributed by atoms with Gasteiger partial charge in [-0.25, -0.2) is 4.39 Å². The molecule has 0 aliphatic carbocycles. The van der Waals surface area contributed by atoms with Gasteiger partial charge in [0.1, 0.15) is 5.82 Å². The van der Waals surface area contributed by atoms with Crippen molar-refractivity contribution in [2.75, 3.05) is 32.8 Å². The van der Waals surface area contributed by atoms with Gasteiger partial charge in [0.25, 0.3) is 0 Å². The van der Waals surface area contributed by atoms with Crippen molar-refractivity contribution in [2.45, 2.75) is 50.5 Å². The molecule has 0 radical (unpaired) electrons. The molecule has 196 valence electrons. The van der Waals surface area contributed by atoms with Crippen LogP contribution in [0, 0.1) is 11.7 Å². The highest BCUT2D eigenvalue weighted by Crippen LogP contribution is 2.28. The Kier molecular flexibility index (Phi) is 8.58. The number of aromatic nitrogens is 2. The fraction of sp³-hybridized carbons (Fsp3) is 0.483. The van der Waals surface area contributed by atoms with Crippen molar-refractivity contribution in [3.63, 3.8) is 0 Å². The first-order valence-corrected chi connectivity index (χ1v) is 13.4. The lowest BCUT2D eigenvalue weighted by atomic mass is 9.95. The van der Waals surface area contributed by atoms with Crippen LogP contribution in [0.15, 0.2) is 59.1 Å². The predicted octanol–water partition coefficient (Wildman–Crippen LogP) is 4.65. The minimum Gasteiger partial charge on any atom is -0.381 e. The first kappa shape index (κ1) is 25.5. The van der Waals surface area contributed by atoms with Crippen LogP contribution in [0.2, 0.25) is 0 Å². The van der Waals surface area contributed by atoms with E-state index in [0.717, 1.165) is 62.9 Å². The van der Waals surface area contributed by atoms with Crippen LogP contribution < -0.4 is 5.32 Å². The summed E-state index contributed by atoms with van der Waals surface area (Å²) in [5.74, 6) is 1.52. The molecular weight excluding hydrogens is 471 g/mol. The molecule has 1 atom stereocenters. The summed E-state index contributed by atoms with van der Waals surface area (Å²) in [5.41, 5.74) is 2.11. The van der Waals surface area contributed by atoms with Crippen LogP contribution in [-0.2, 0) is 16.0 Å². The van der Waals surface area contributed by atoms with Gasteiger partial charge < -0.3 is 19.5 Å². The number of piperidine rings is 1. The lowest BCUT2D eigenvalue weighted by Gasteiger charge is -2.32. The number of hydrogen-bond donors (Lipinski definition) is 1. The van der Waals surface area contributed by atoms with Gasteiger partial charge in [0, 0.05) is 38.0 Å². The number of amides is 1. The largest absolute Gasteiger partial charge is 0.381 e. The minimum absolute atomic E-state index is 0.000714. The standard InChI is InChI=1S/C29H35FN4O3/c30-25-8-6-21(7-9-25)20-27-32-29(37-33-27)24-10-15-34(16-11-24)17-12-26(22-4-2-1-3-5-22)31-28(35)23-13-18-36-19-14-23/h1-9,23-24,26H,10-20H2,(H,31,35)/t26-/m0/s1. The van der Waals surface area contributed by atoms with Gasteiger partial charge in [-0.05, 0) is 68.5 Å². The topological polar surface area (TPSA) is 80.5 Å². The van der Waals surface area contributed by atoms with Gasteiger partial charge in [0.15, 0.2) is 5.82 Å². The minimum atomic E-state index is -0.249. The molecule has 8 heteroatoms. The number of likely N-dealkylation sites (tertiary alicyclic amines) is 1. The van der Waals surface area contributed by atoms with E-state index in [1.54, 1.807) is 12.1 Å². The van der Waals surface area contributed by atoms with Gasteiger partial charge in [-0.1, -0.05) is 47.6 Å². The highest BCUT2D eigenvalue weighted by molar-refractivity contribution is 5.79. The number of halogens is 1. The van der Waals surface area contributed by atoms with E-state index in [4.69, 9.17) is 9.26 Å². The van der Waals surface area contributed by atoms with Crippen LogP contribution in [0.1, 0.15) is 66.9 Å². The molecule has 2 saturated heterocycles. The van der Waals surface area contributed by atoms with Gasteiger partial charge in [0.05, 0.1) is 6.04 Å². The summed E-state index contributed by atoms with van der Waals surface area (Å²) in [6.07, 6.45) is 4.91. The van der Waals surface area contributed by atoms with Crippen LogP contribution in [0.25, 0.3) is 0 Å². The molecule has 1 amide bonds. The van der Waals surface area contributed by atoms with Gasteiger partial charge >= 0.3 is 0 Å². The number of benzene rings is 2. The van der Waals surface area contributed by atoms with Gasteiger partial charge in [-0.2, -0.15) is 4.98 Å². The number of carbonyl (C=O) groups excluding carboxylic acids is 1. The molecule has 2 aliphatic heterocycles. The van der Waals surface area contributed by atoms with E-state index < -0.39 is 0 Å². The third-order valence-electron chi connectivity index (χ3n) is 7.54. The Labute approximate surface area is 217 Å². The summed E-state index contributed by atoms with van der Waals surface area (Å²) in [6.45, 7) is 4.15. The average molecular weight is 507 g/mol. The van der Waals surface area contributed by atoms with Crippen LogP contribution in [0.3, 0.4) is 0 Å². The Morgan fingerprint density at radius 2 is 1.76 bits per heavy atom. The quantitative estimate of drug-likeness (QED) is 0.455. The molecular formula is C29H35FN4O3. The highest BCUT2D eigenvalue weighted by Gasteiger charge is 2.27. The Hall–Kier alpha value is -3.10. The average Bonchev–Trinajstić information content (AvgIpc) is 3.42. The molecule has 0 bridgehead atoms. The lowest BCUT2D eigenvalue weighted by Crippen LogP contribution is -2.39. The van der Waals surface area contributed by atoms with Crippen molar-refractivity contribution < 1.29 is 18.4 Å². The van der Waals surface area contributed by atoms with E-state index >= 15 is 0 Å². The number of hydrogen-bond acceptors (Lipinski definition) is 6. The summed E-state index contributed by atoms with van der Waals surface area (Å²) in [7, 11) is 0. The first-order valence-electron chi connectivity index (χ1n) is 13.4. The molecule has 2 aromatic carbocycles.